The number of thiazole rings is 1. The van der Waals surface area contributed by atoms with Crippen LogP contribution in [0, 0.1) is 0 Å². The number of halogens is 3. The summed E-state index contributed by atoms with van der Waals surface area (Å²) in [5.41, 5.74) is 1.12. The van der Waals surface area contributed by atoms with Crippen molar-refractivity contribution in [1.29, 1.82) is 0 Å². The molecule has 5 nitrogen and oxygen atoms in total. The van der Waals surface area contributed by atoms with Crippen LogP contribution in [0.5, 0.6) is 0 Å². The number of carbonyl (C=O) groups excluding carboxylic acids is 1. The second-order valence-electron chi connectivity index (χ2n) is 6.16. The van der Waals surface area contributed by atoms with Crippen molar-refractivity contribution < 1.29 is 18.0 Å². The molecule has 0 saturated carbocycles. The zero-order valence-corrected chi connectivity index (χ0v) is 16.0. The van der Waals surface area contributed by atoms with E-state index in [2.05, 4.69) is 20.3 Å². The Bertz CT molecular complexity index is 1100. The Labute approximate surface area is 173 Å². The molecule has 0 atom stereocenters. The lowest BCUT2D eigenvalue weighted by Gasteiger charge is -2.07. The van der Waals surface area contributed by atoms with E-state index in [1.807, 2.05) is 18.2 Å². The van der Waals surface area contributed by atoms with Crippen LogP contribution in [0.4, 0.5) is 18.3 Å². The molecular weight excluding hydrogens is 413 g/mol. The van der Waals surface area contributed by atoms with Gasteiger partial charge >= 0.3 is 6.18 Å². The van der Waals surface area contributed by atoms with Crippen molar-refractivity contribution in [1.82, 2.24) is 15.0 Å². The number of nitrogens with zero attached hydrogens (tertiary/aromatic N) is 3. The van der Waals surface area contributed by atoms with Gasteiger partial charge in [0.25, 0.3) is 5.91 Å². The van der Waals surface area contributed by atoms with Gasteiger partial charge in [0.05, 0.1) is 21.8 Å². The number of aromatic nitrogens is 3. The molecule has 1 amide bonds. The zero-order valence-electron chi connectivity index (χ0n) is 15.2. The minimum atomic E-state index is -4.46. The Morgan fingerprint density at radius 3 is 2.07 bits per heavy atom. The first-order valence-electron chi connectivity index (χ1n) is 8.74. The van der Waals surface area contributed by atoms with Crippen molar-refractivity contribution in [3.8, 4) is 22.0 Å². The van der Waals surface area contributed by atoms with Crippen LogP contribution in [0.3, 0.4) is 0 Å². The molecule has 30 heavy (non-hydrogen) atoms. The molecule has 1 aromatic carbocycles. The summed E-state index contributed by atoms with van der Waals surface area (Å²) in [6.07, 6.45) is -1.17. The molecule has 150 valence electrons. The maximum atomic E-state index is 12.7. The van der Waals surface area contributed by atoms with Crippen molar-refractivity contribution in [2.45, 2.75) is 6.18 Å². The Kier molecular flexibility index (Phi) is 5.28. The monoisotopic (exact) mass is 426 g/mol. The van der Waals surface area contributed by atoms with Crippen LogP contribution in [0.1, 0.15) is 15.9 Å². The van der Waals surface area contributed by atoms with Crippen LogP contribution in [0.25, 0.3) is 22.0 Å². The van der Waals surface area contributed by atoms with Crippen molar-refractivity contribution in [2.75, 3.05) is 5.32 Å². The Morgan fingerprint density at radius 2 is 1.50 bits per heavy atom. The average molecular weight is 426 g/mol. The molecule has 4 aromatic rings. The topological polar surface area (TPSA) is 67.8 Å². The fourth-order valence-electron chi connectivity index (χ4n) is 2.70. The molecule has 0 bridgehead atoms. The molecule has 3 heterocycles. The normalized spacial score (nSPS) is 11.3. The van der Waals surface area contributed by atoms with Gasteiger partial charge in [-0.3, -0.25) is 20.1 Å². The van der Waals surface area contributed by atoms with E-state index in [1.165, 1.54) is 11.3 Å². The van der Waals surface area contributed by atoms with Crippen LogP contribution in [0.15, 0.2) is 73.1 Å². The number of anilines is 1. The number of nitrogens with one attached hydrogen (secondary N) is 1. The van der Waals surface area contributed by atoms with E-state index in [4.69, 9.17) is 0 Å². The molecule has 1 N–H and O–H groups in total. The van der Waals surface area contributed by atoms with Crippen LogP contribution in [-0.2, 0) is 6.18 Å². The van der Waals surface area contributed by atoms with Crippen molar-refractivity contribution in [3.63, 3.8) is 0 Å². The largest absolute Gasteiger partial charge is 0.416 e. The number of benzene rings is 1. The average Bonchev–Trinajstić information content (AvgIpc) is 3.18. The first-order valence-corrected chi connectivity index (χ1v) is 9.56. The number of carbonyl (C=O) groups is 1. The molecule has 0 spiro atoms. The van der Waals surface area contributed by atoms with Gasteiger partial charge in [0.15, 0.2) is 5.13 Å². The molecule has 4 rings (SSSR count). The second kappa shape index (κ2) is 8.03. The molecule has 0 radical (unpaired) electrons. The van der Waals surface area contributed by atoms with E-state index in [1.54, 1.807) is 30.6 Å². The maximum absolute atomic E-state index is 12.7. The molecule has 0 unspecified atom stereocenters. The highest BCUT2D eigenvalue weighted by molar-refractivity contribution is 7.19. The number of pyridine rings is 2. The predicted octanol–water partition coefficient (Wildman–Crippen LogP) is 5.54. The van der Waals surface area contributed by atoms with Crippen molar-refractivity contribution >= 4 is 22.4 Å². The van der Waals surface area contributed by atoms with Gasteiger partial charge in [-0.2, -0.15) is 13.2 Å². The molecule has 0 aliphatic heterocycles. The summed E-state index contributed by atoms with van der Waals surface area (Å²) in [5, 5.41) is 2.94. The minimum Gasteiger partial charge on any atom is -0.298 e. The van der Waals surface area contributed by atoms with Gasteiger partial charge < -0.3 is 0 Å². The summed E-state index contributed by atoms with van der Waals surface area (Å²) in [4.78, 5) is 26.4. The highest BCUT2D eigenvalue weighted by Crippen LogP contribution is 2.37. The number of amides is 1. The fraction of sp³-hybridized carbons (Fsp3) is 0.0476. The third-order valence-corrected chi connectivity index (χ3v) is 5.12. The lowest BCUT2D eigenvalue weighted by Crippen LogP contribution is -2.12. The standard InChI is InChI=1S/C21H13F3N4OS/c22-21(23,24)14-9-7-13(8-10-14)19(29)28-20-27-17(15-5-1-3-11-25-15)18(30-20)16-6-2-4-12-26-16/h1-12H,(H,27,28,29). The van der Waals surface area contributed by atoms with Gasteiger partial charge in [0.2, 0.25) is 0 Å². The van der Waals surface area contributed by atoms with E-state index >= 15 is 0 Å². The third kappa shape index (κ3) is 4.20. The van der Waals surface area contributed by atoms with E-state index in [-0.39, 0.29) is 5.56 Å². The summed E-state index contributed by atoms with van der Waals surface area (Å²) in [6, 6.07) is 14.8. The molecule has 3 aromatic heterocycles. The maximum Gasteiger partial charge on any atom is 0.416 e. The van der Waals surface area contributed by atoms with Crippen LogP contribution >= 0.6 is 11.3 Å². The van der Waals surface area contributed by atoms with Crippen molar-refractivity contribution in [3.05, 3.63) is 84.2 Å². The van der Waals surface area contributed by atoms with Gasteiger partial charge in [0, 0.05) is 18.0 Å². The van der Waals surface area contributed by atoms with Crippen LogP contribution < -0.4 is 5.32 Å². The number of hydrogen-bond acceptors (Lipinski definition) is 5. The van der Waals surface area contributed by atoms with E-state index in [0.717, 1.165) is 29.1 Å². The summed E-state index contributed by atoms with van der Waals surface area (Å²) < 4.78 is 38.1. The Balaban J connectivity index is 1.65. The number of hydrogen-bond donors (Lipinski definition) is 1. The molecule has 0 aliphatic carbocycles. The SMILES string of the molecule is O=C(Nc1nc(-c2ccccn2)c(-c2ccccn2)s1)c1ccc(C(F)(F)F)cc1. The molecular formula is C21H13F3N4OS. The van der Waals surface area contributed by atoms with Gasteiger partial charge in [0.1, 0.15) is 5.69 Å². The second-order valence-corrected chi connectivity index (χ2v) is 7.16. The molecule has 0 saturated heterocycles. The highest BCUT2D eigenvalue weighted by Gasteiger charge is 2.30. The summed E-state index contributed by atoms with van der Waals surface area (Å²) in [7, 11) is 0. The van der Waals surface area contributed by atoms with Crippen LogP contribution in [0.2, 0.25) is 0 Å². The molecule has 0 fully saturated rings. The van der Waals surface area contributed by atoms with Gasteiger partial charge in [-0.05, 0) is 48.5 Å². The van der Waals surface area contributed by atoms with Crippen LogP contribution in [-0.4, -0.2) is 20.9 Å². The van der Waals surface area contributed by atoms with E-state index < -0.39 is 17.6 Å². The van der Waals surface area contributed by atoms with Crippen molar-refractivity contribution in [2.24, 2.45) is 0 Å². The van der Waals surface area contributed by atoms with E-state index in [0.29, 0.717) is 22.2 Å². The van der Waals surface area contributed by atoms with Gasteiger partial charge in [-0.15, -0.1) is 0 Å². The minimum absolute atomic E-state index is 0.0944. The smallest absolute Gasteiger partial charge is 0.298 e. The van der Waals surface area contributed by atoms with Gasteiger partial charge in [-0.25, -0.2) is 4.98 Å². The molecule has 0 aliphatic rings. The quantitative estimate of drug-likeness (QED) is 0.465. The number of rotatable bonds is 4. The number of alkyl halides is 3. The Morgan fingerprint density at radius 1 is 0.867 bits per heavy atom. The Hall–Kier alpha value is -3.59. The summed E-state index contributed by atoms with van der Waals surface area (Å²) >= 11 is 1.21. The zero-order chi connectivity index (χ0) is 21.1. The molecule has 9 heteroatoms. The first-order chi connectivity index (χ1) is 14.4. The van der Waals surface area contributed by atoms with E-state index in [9.17, 15) is 18.0 Å². The first kappa shape index (κ1) is 19.7. The lowest BCUT2D eigenvalue weighted by atomic mass is 10.1. The summed E-state index contributed by atoms with van der Waals surface area (Å²) in [6.45, 7) is 0. The van der Waals surface area contributed by atoms with Gasteiger partial charge in [-0.1, -0.05) is 23.5 Å². The third-order valence-electron chi connectivity index (χ3n) is 4.13. The lowest BCUT2D eigenvalue weighted by molar-refractivity contribution is -0.137. The summed E-state index contributed by atoms with van der Waals surface area (Å²) in [5.74, 6) is -0.558. The highest BCUT2D eigenvalue weighted by atomic mass is 32.1. The fourth-order valence-corrected chi connectivity index (χ4v) is 3.65. The predicted molar refractivity (Wildman–Crippen MR) is 108 cm³/mol.